The molecule has 1 fully saturated rings. The summed E-state index contributed by atoms with van der Waals surface area (Å²) in [6.07, 6.45) is -0.518. The standard InChI is InChI=1S/C40H62N6O13/c1-9-56-38(52)41-21-13-12-15-28(42-35(49)32(25(6)7)45-39(53)57-10-2)33(47)44-31(24(4)5)34(48)43-29(36(50)46-22-14-16-30(46)37(51)55-8)23-26-17-19-27(20-18-26)59-40(54)58-11-3/h17-20,24-25,28-32H,9-16,21-23H2,1-8H3,(H,41,52)(H,42,49)(H,43,48)(H,44,47)(H,45,53)/t28-,29-,30-,31-,32-/m0/s1. The molecular weight excluding hydrogens is 772 g/mol. The highest BCUT2D eigenvalue weighted by atomic mass is 16.7. The van der Waals surface area contributed by atoms with Crippen LogP contribution >= 0.6 is 0 Å². The number of carbonyl (C=O) groups is 8. The van der Waals surface area contributed by atoms with E-state index < -0.39 is 90.0 Å². The Morgan fingerprint density at radius 2 is 1.29 bits per heavy atom. The third-order valence-electron chi connectivity index (χ3n) is 9.29. The van der Waals surface area contributed by atoms with Crippen LogP contribution in [0.2, 0.25) is 0 Å². The Labute approximate surface area is 345 Å². The average molecular weight is 835 g/mol. The minimum atomic E-state index is -1.20. The van der Waals surface area contributed by atoms with E-state index >= 15 is 0 Å². The predicted molar refractivity (Wildman–Crippen MR) is 213 cm³/mol. The maximum atomic E-state index is 14.1. The van der Waals surface area contributed by atoms with Gasteiger partial charge in [0.25, 0.3) is 0 Å². The van der Waals surface area contributed by atoms with Gasteiger partial charge in [-0.05, 0) is 82.4 Å². The van der Waals surface area contributed by atoms with Gasteiger partial charge >= 0.3 is 24.3 Å². The van der Waals surface area contributed by atoms with Crippen LogP contribution < -0.4 is 31.3 Å². The first-order chi connectivity index (χ1) is 28.1. The fourth-order valence-corrected chi connectivity index (χ4v) is 6.25. The number of unbranched alkanes of at least 4 members (excludes halogenated alkanes) is 1. The molecule has 59 heavy (non-hydrogen) atoms. The Morgan fingerprint density at radius 1 is 0.712 bits per heavy atom. The Morgan fingerprint density at radius 3 is 1.86 bits per heavy atom. The first kappa shape index (κ1) is 49.5. The number of rotatable bonds is 22. The number of carbonyl (C=O) groups excluding carboxylic acids is 8. The quantitative estimate of drug-likeness (QED) is 0.0489. The number of methoxy groups -OCH3 is 1. The topological polar surface area (TPSA) is 246 Å². The van der Waals surface area contributed by atoms with Crippen LogP contribution in [0.4, 0.5) is 14.4 Å². The van der Waals surface area contributed by atoms with Gasteiger partial charge in [0, 0.05) is 19.5 Å². The maximum absolute atomic E-state index is 14.1. The van der Waals surface area contributed by atoms with E-state index in [4.69, 9.17) is 23.7 Å². The monoisotopic (exact) mass is 834 g/mol. The van der Waals surface area contributed by atoms with Crippen LogP contribution in [0.25, 0.3) is 0 Å². The lowest BCUT2D eigenvalue weighted by Crippen LogP contribution is -2.60. The van der Waals surface area contributed by atoms with Crippen LogP contribution in [0.5, 0.6) is 5.75 Å². The molecule has 1 aromatic rings. The normalized spacial score (nSPS) is 15.5. The van der Waals surface area contributed by atoms with E-state index in [0.29, 0.717) is 31.2 Å². The number of likely N-dealkylation sites (tertiary alicyclic amines) is 1. The number of nitrogens with zero attached hydrogens (tertiary/aromatic N) is 1. The molecule has 1 aliphatic heterocycles. The average Bonchev–Trinajstić information content (AvgIpc) is 3.68. The zero-order valence-electron chi connectivity index (χ0n) is 35.4. The summed E-state index contributed by atoms with van der Waals surface area (Å²) < 4.78 is 24.7. The van der Waals surface area contributed by atoms with E-state index in [1.807, 2.05) is 0 Å². The van der Waals surface area contributed by atoms with E-state index in [-0.39, 0.29) is 51.5 Å². The van der Waals surface area contributed by atoms with E-state index in [1.54, 1.807) is 60.6 Å². The molecule has 19 nitrogen and oxygen atoms in total. The molecule has 2 rings (SSSR count). The molecule has 0 bridgehead atoms. The van der Waals surface area contributed by atoms with Gasteiger partial charge in [0.2, 0.25) is 23.6 Å². The van der Waals surface area contributed by atoms with Crippen molar-refractivity contribution >= 4 is 47.9 Å². The van der Waals surface area contributed by atoms with Crippen LogP contribution in [0.1, 0.15) is 86.1 Å². The van der Waals surface area contributed by atoms with E-state index in [9.17, 15) is 38.4 Å². The van der Waals surface area contributed by atoms with Crippen molar-refractivity contribution in [1.82, 2.24) is 31.5 Å². The van der Waals surface area contributed by atoms with Gasteiger partial charge in [-0.2, -0.15) is 0 Å². The molecule has 5 atom stereocenters. The molecule has 0 spiro atoms. The molecule has 1 saturated heterocycles. The Hall–Kier alpha value is -5.62. The van der Waals surface area contributed by atoms with Gasteiger partial charge in [-0.3, -0.25) is 19.2 Å². The largest absolute Gasteiger partial charge is 0.513 e. The highest BCUT2D eigenvalue weighted by molar-refractivity contribution is 5.96. The second-order valence-electron chi connectivity index (χ2n) is 14.4. The number of amides is 6. The van der Waals surface area contributed by atoms with Gasteiger partial charge in [0.15, 0.2) is 0 Å². The van der Waals surface area contributed by atoms with Gasteiger partial charge < -0.3 is 55.2 Å². The number of ether oxygens (including phenoxy) is 5. The molecule has 0 radical (unpaired) electrons. The number of benzene rings is 1. The molecule has 1 heterocycles. The summed E-state index contributed by atoms with van der Waals surface area (Å²) in [4.78, 5) is 106. The van der Waals surface area contributed by atoms with Crippen molar-refractivity contribution in [3.63, 3.8) is 0 Å². The van der Waals surface area contributed by atoms with E-state index in [0.717, 1.165) is 0 Å². The van der Waals surface area contributed by atoms with Crippen molar-refractivity contribution in [2.45, 2.75) is 117 Å². The number of hydrogen-bond donors (Lipinski definition) is 5. The molecule has 0 aliphatic carbocycles. The third kappa shape index (κ3) is 16.6. The van der Waals surface area contributed by atoms with Crippen LogP contribution in [0.15, 0.2) is 24.3 Å². The second-order valence-corrected chi connectivity index (χ2v) is 14.4. The summed E-state index contributed by atoms with van der Waals surface area (Å²) in [5, 5.41) is 13.4. The number of alkyl carbamates (subject to hydrolysis) is 2. The Balaban J connectivity index is 2.37. The minimum absolute atomic E-state index is 0.0318. The molecule has 1 aromatic carbocycles. The van der Waals surface area contributed by atoms with Gasteiger partial charge in [0.1, 0.15) is 36.0 Å². The van der Waals surface area contributed by atoms with Crippen molar-refractivity contribution in [1.29, 1.82) is 0 Å². The van der Waals surface area contributed by atoms with Crippen LogP contribution in [-0.4, -0.2) is 123 Å². The van der Waals surface area contributed by atoms with Gasteiger partial charge in [0.05, 0.1) is 26.9 Å². The van der Waals surface area contributed by atoms with Crippen molar-refractivity contribution in [3.8, 4) is 5.75 Å². The molecule has 0 unspecified atom stereocenters. The van der Waals surface area contributed by atoms with Crippen LogP contribution in [-0.2, 0) is 49.3 Å². The summed E-state index contributed by atoms with van der Waals surface area (Å²) in [6, 6.07) is 0.752. The molecule has 330 valence electrons. The maximum Gasteiger partial charge on any atom is 0.513 e. The SMILES string of the molecule is CCOC(=O)NCCCC[C@H](NC(=O)[C@@H](NC(=O)OCC)C(C)C)C(=O)N[C@H](C(=O)N[C@@H](Cc1ccc(OC(=O)OCC)cc1)C(=O)N1CCC[C@H]1C(=O)OC)C(C)C. The summed E-state index contributed by atoms with van der Waals surface area (Å²) in [6.45, 7) is 12.6. The number of nitrogens with one attached hydrogen (secondary N) is 5. The smallest absolute Gasteiger partial charge is 0.467 e. The molecule has 19 heteroatoms. The van der Waals surface area contributed by atoms with E-state index in [2.05, 4.69) is 26.6 Å². The Kier molecular flexibility index (Phi) is 21.6. The molecule has 5 N–H and O–H groups in total. The van der Waals surface area contributed by atoms with Gasteiger partial charge in [-0.25, -0.2) is 19.2 Å². The zero-order valence-corrected chi connectivity index (χ0v) is 35.4. The summed E-state index contributed by atoms with van der Waals surface area (Å²) >= 11 is 0. The van der Waals surface area contributed by atoms with Crippen LogP contribution in [0, 0.1) is 11.8 Å². The second kappa shape index (κ2) is 25.7. The highest BCUT2D eigenvalue weighted by Gasteiger charge is 2.40. The fourth-order valence-electron chi connectivity index (χ4n) is 6.25. The van der Waals surface area contributed by atoms with Gasteiger partial charge in [-0.15, -0.1) is 0 Å². The third-order valence-corrected chi connectivity index (χ3v) is 9.29. The summed E-state index contributed by atoms with van der Waals surface area (Å²) in [7, 11) is 1.23. The number of hydrogen-bond acceptors (Lipinski definition) is 13. The molecule has 1 aliphatic rings. The summed E-state index contributed by atoms with van der Waals surface area (Å²) in [5.74, 6) is -3.89. The molecule has 0 aromatic heterocycles. The van der Waals surface area contributed by atoms with Crippen molar-refractivity contribution < 1.29 is 62.0 Å². The van der Waals surface area contributed by atoms with E-state index in [1.165, 1.54) is 24.1 Å². The number of esters is 1. The Bertz CT molecular complexity index is 1570. The lowest BCUT2D eigenvalue weighted by Gasteiger charge is -2.31. The van der Waals surface area contributed by atoms with Crippen molar-refractivity contribution in [2.75, 3.05) is 40.0 Å². The highest BCUT2D eigenvalue weighted by Crippen LogP contribution is 2.22. The lowest BCUT2D eigenvalue weighted by atomic mass is 9.99. The van der Waals surface area contributed by atoms with Crippen LogP contribution in [0.3, 0.4) is 0 Å². The van der Waals surface area contributed by atoms with Crippen molar-refractivity contribution in [2.24, 2.45) is 11.8 Å². The fraction of sp³-hybridized carbons (Fsp3) is 0.650. The van der Waals surface area contributed by atoms with Gasteiger partial charge in [-0.1, -0.05) is 39.8 Å². The minimum Gasteiger partial charge on any atom is -0.467 e. The first-order valence-corrected chi connectivity index (χ1v) is 20.1. The molecular formula is C40H62N6O13. The first-order valence-electron chi connectivity index (χ1n) is 20.1. The summed E-state index contributed by atoms with van der Waals surface area (Å²) in [5.41, 5.74) is 0.579. The lowest BCUT2D eigenvalue weighted by molar-refractivity contribution is -0.152. The van der Waals surface area contributed by atoms with Crippen molar-refractivity contribution in [3.05, 3.63) is 29.8 Å². The zero-order chi connectivity index (χ0) is 44.1. The molecule has 0 saturated carbocycles. The predicted octanol–water partition coefficient (Wildman–Crippen LogP) is 2.73. The molecule has 6 amide bonds.